The van der Waals surface area contributed by atoms with Crippen LogP contribution in [0.25, 0.3) is 0 Å². The Morgan fingerprint density at radius 1 is 0.885 bits per heavy atom. The molecule has 0 aromatic carbocycles. The summed E-state index contributed by atoms with van der Waals surface area (Å²) in [6.45, 7) is 2.02. The zero-order chi connectivity index (χ0) is 19.7. The van der Waals surface area contributed by atoms with Gasteiger partial charge in [-0.05, 0) is 40.9 Å². The van der Waals surface area contributed by atoms with Gasteiger partial charge in [-0.2, -0.15) is 0 Å². The molecule has 2 rings (SSSR count). The van der Waals surface area contributed by atoms with Crippen LogP contribution in [0.2, 0.25) is 0 Å². The van der Waals surface area contributed by atoms with E-state index in [-0.39, 0.29) is 22.6 Å². The van der Waals surface area contributed by atoms with Gasteiger partial charge in [0.05, 0.1) is 19.4 Å². The second-order valence-corrected chi connectivity index (χ2v) is 6.54. The molecule has 2 aromatic rings. The van der Waals surface area contributed by atoms with Crippen molar-refractivity contribution in [3.8, 4) is 0 Å². The number of carbonyl (C=O) groups is 4. The van der Waals surface area contributed by atoms with Crippen molar-refractivity contribution in [3.05, 3.63) is 43.8 Å². The lowest BCUT2D eigenvalue weighted by atomic mass is 10.2. The number of thiophene rings is 2. The standard InChI is InChI=1S/C9H10O4S.C7H6O4S/c1-2-13-7(10)5-6-3-4-14-8(6)9(11)12;8-5(9)3-4-1-2-12-6(4)7(10)11/h3-4H,2,5H2,1H3,(H,11,12);1-2H,3H2,(H,8,9)(H,10,11). The average Bonchev–Trinajstić information content (AvgIpc) is 3.16. The summed E-state index contributed by atoms with van der Waals surface area (Å²) in [5.74, 6) is -3.48. The summed E-state index contributed by atoms with van der Waals surface area (Å²) in [7, 11) is 0. The molecule has 2 aromatic heterocycles. The Morgan fingerprint density at radius 3 is 1.73 bits per heavy atom. The lowest BCUT2D eigenvalue weighted by Gasteiger charge is -2.00. The van der Waals surface area contributed by atoms with Gasteiger partial charge in [-0.3, -0.25) is 9.59 Å². The topological polar surface area (TPSA) is 138 Å². The minimum absolute atomic E-state index is 0.0268. The zero-order valence-electron chi connectivity index (χ0n) is 13.6. The minimum atomic E-state index is -1.07. The van der Waals surface area contributed by atoms with Gasteiger partial charge in [-0.15, -0.1) is 22.7 Å². The summed E-state index contributed by atoms with van der Waals surface area (Å²) in [6.07, 6.45) is -0.204. The Labute approximate surface area is 156 Å². The van der Waals surface area contributed by atoms with E-state index >= 15 is 0 Å². The van der Waals surface area contributed by atoms with E-state index in [4.69, 9.17) is 20.1 Å². The summed E-state index contributed by atoms with van der Waals surface area (Å²) in [5.41, 5.74) is 0.876. The van der Waals surface area contributed by atoms with Gasteiger partial charge in [-0.25, -0.2) is 9.59 Å². The number of aliphatic carboxylic acids is 1. The first-order chi connectivity index (χ1) is 12.3. The molecule has 10 heteroatoms. The summed E-state index contributed by atoms with van der Waals surface area (Å²) in [6, 6.07) is 3.15. The maximum Gasteiger partial charge on any atom is 0.346 e. The van der Waals surface area contributed by atoms with Gasteiger partial charge < -0.3 is 20.1 Å². The number of carboxylic acids is 3. The van der Waals surface area contributed by atoms with Crippen LogP contribution in [0.4, 0.5) is 0 Å². The molecular weight excluding hydrogens is 384 g/mol. The van der Waals surface area contributed by atoms with E-state index < -0.39 is 23.9 Å². The lowest BCUT2D eigenvalue weighted by Crippen LogP contribution is -2.09. The van der Waals surface area contributed by atoms with Gasteiger partial charge in [0.1, 0.15) is 9.75 Å². The average molecular weight is 400 g/mol. The molecule has 0 amide bonds. The molecule has 26 heavy (non-hydrogen) atoms. The summed E-state index contributed by atoms with van der Waals surface area (Å²) in [5, 5.41) is 29.0. The molecule has 0 spiro atoms. The Bertz CT molecular complexity index is 790. The fraction of sp³-hybridized carbons (Fsp3) is 0.250. The molecule has 8 nitrogen and oxygen atoms in total. The summed E-state index contributed by atoms with van der Waals surface area (Å²) in [4.78, 5) is 42.8. The van der Waals surface area contributed by atoms with Crippen molar-refractivity contribution in [1.29, 1.82) is 0 Å². The Hall–Kier alpha value is -2.72. The van der Waals surface area contributed by atoms with E-state index in [1.54, 1.807) is 23.8 Å². The van der Waals surface area contributed by atoms with Crippen molar-refractivity contribution in [2.24, 2.45) is 0 Å². The van der Waals surface area contributed by atoms with Crippen molar-refractivity contribution in [2.75, 3.05) is 6.61 Å². The van der Waals surface area contributed by atoms with Crippen LogP contribution in [0.3, 0.4) is 0 Å². The largest absolute Gasteiger partial charge is 0.481 e. The van der Waals surface area contributed by atoms with Crippen LogP contribution in [0, 0.1) is 0 Å². The van der Waals surface area contributed by atoms with Crippen LogP contribution in [-0.4, -0.2) is 45.8 Å². The molecular formula is C16H16O8S2. The van der Waals surface area contributed by atoms with Crippen molar-refractivity contribution in [2.45, 2.75) is 19.8 Å². The Morgan fingerprint density at radius 2 is 1.35 bits per heavy atom. The third-order valence-electron chi connectivity index (χ3n) is 2.86. The summed E-state index contributed by atoms with van der Waals surface area (Å²) < 4.78 is 4.72. The first kappa shape index (κ1) is 21.3. The number of aromatic carboxylic acids is 2. The molecule has 0 fully saturated rings. The van der Waals surface area contributed by atoms with Gasteiger partial charge in [0.15, 0.2) is 0 Å². The van der Waals surface area contributed by atoms with Crippen LogP contribution in [0.1, 0.15) is 37.4 Å². The van der Waals surface area contributed by atoms with Crippen molar-refractivity contribution >= 4 is 46.6 Å². The SMILES string of the molecule is CCOC(=O)Cc1ccsc1C(=O)O.O=C(O)Cc1ccsc1C(=O)O. The number of carboxylic acid groups (broad SMARTS) is 3. The third-order valence-corrected chi connectivity index (χ3v) is 4.75. The highest BCUT2D eigenvalue weighted by Gasteiger charge is 2.15. The van der Waals surface area contributed by atoms with E-state index in [0.29, 0.717) is 17.7 Å². The highest BCUT2D eigenvalue weighted by Crippen LogP contribution is 2.18. The normalized spacial score (nSPS) is 9.73. The molecule has 0 saturated heterocycles. The van der Waals surface area contributed by atoms with Gasteiger partial charge in [-0.1, -0.05) is 0 Å². The smallest absolute Gasteiger partial charge is 0.346 e. The number of carbonyl (C=O) groups excluding carboxylic acids is 1. The number of hydrogen-bond donors (Lipinski definition) is 3. The monoisotopic (exact) mass is 400 g/mol. The van der Waals surface area contributed by atoms with Crippen LogP contribution in [-0.2, 0) is 27.2 Å². The fourth-order valence-electron chi connectivity index (χ4n) is 1.86. The lowest BCUT2D eigenvalue weighted by molar-refractivity contribution is -0.142. The van der Waals surface area contributed by atoms with E-state index in [9.17, 15) is 19.2 Å². The first-order valence-electron chi connectivity index (χ1n) is 7.23. The van der Waals surface area contributed by atoms with Crippen LogP contribution in [0.5, 0.6) is 0 Å². The van der Waals surface area contributed by atoms with Crippen LogP contribution >= 0.6 is 22.7 Å². The third kappa shape index (κ3) is 6.65. The maximum absolute atomic E-state index is 11.1. The predicted octanol–water partition coefficient (Wildman–Crippen LogP) is 2.63. The van der Waals surface area contributed by atoms with Gasteiger partial charge in [0.25, 0.3) is 0 Å². The molecule has 0 saturated carbocycles. The molecule has 0 aliphatic carbocycles. The quantitative estimate of drug-likeness (QED) is 0.603. The number of esters is 1. The minimum Gasteiger partial charge on any atom is -0.481 e. The molecule has 0 atom stereocenters. The Balaban J connectivity index is 0.000000263. The van der Waals surface area contributed by atoms with Crippen molar-refractivity contribution in [3.63, 3.8) is 0 Å². The summed E-state index contributed by atoms with van der Waals surface area (Å²) >= 11 is 2.15. The molecule has 0 bridgehead atoms. The molecule has 3 N–H and O–H groups in total. The molecule has 0 radical (unpaired) electrons. The fourth-order valence-corrected chi connectivity index (χ4v) is 3.38. The zero-order valence-corrected chi connectivity index (χ0v) is 15.3. The number of hydrogen-bond acceptors (Lipinski definition) is 7. The second kappa shape index (κ2) is 10.3. The molecule has 140 valence electrons. The van der Waals surface area contributed by atoms with Gasteiger partial charge >= 0.3 is 23.9 Å². The molecule has 0 unspecified atom stereocenters. The van der Waals surface area contributed by atoms with Crippen molar-refractivity contribution in [1.82, 2.24) is 0 Å². The van der Waals surface area contributed by atoms with Gasteiger partial charge in [0, 0.05) is 0 Å². The van der Waals surface area contributed by atoms with E-state index in [2.05, 4.69) is 0 Å². The first-order valence-corrected chi connectivity index (χ1v) is 8.98. The van der Waals surface area contributed by atoms with Crippen molar-refractivity contribution < 1.29 is 39.2 Å². The van der Waals surface area contributed by atoms with Gasteiger partial charge in [0.2, 0.25) is 0 Å². The predicted molar refractivity (Wildman–Crippen MR) is 94.2 cm³/mol. The van der Waals surface area contributed by atoms with E-state index in [0.717, 1.165) is 22.7 Å². The maximum atomic E-state index is 11.1. The number of ether oxygens (including phenoxy) is 1. The van der Waals surface area contributed by atoms with Crippen LogP contribution in [0.15, 0.2) is 22.9 Å². The van der Waals surface area contributed by atoms with E-state index in [1.807, 2.05) is 0 Å². The van der Waals surface area contributed by atoms with E-state index in [1.165, 1.54) is 6.07 Å². The Kier molecular flexibility index (Phi) is 8.46. The molecule has 0 aliphatic rings. The highest BCUT2D eigenvalue weighted by atomic mass is 32.1. The highest BCUT2D eigenvalue weighted by molar-refractivity contribution is 7.12. The number of rotatable bonds is 7. The molecule has 0 aliphatic heterocycles. The van der Waals surface area contributed by atoms with Crippen LogP contribution < -0.4 is 0 Å². The second-order valence-electron chi connectivity index (χ2n) is 4.71. The molecule has 2 heterocycles.